The molecule has 156 valence electrons. The lowest BCUT2D eigenvalue weighted by molar-refractivity contribution is -0.122. The molecule has 6 nitrogen and oxygen atoms in total. The maximum Gasteiger partial charge on any atom is 0.265 e. The third-order valence-electron chi connectivity index (χ3n) is 4.02. The van der Waals surface area contributed by atoms with E-state index in [1.807, 2.05) is 0 Å². The van der Waals surface area contributed by atoms with Crippen molar-refractivity contribution < 1.29 is 22.3 Å². The van der Waals surface area contributed by atoms with E-state index in [2.05, 4.69) is 10.0 Å². The Bertz CT molecular complexity index is 1120. The molecule has 0 radical (unpaired) electrons. The number of ether oxygens (including phenoxy) is 1. The van der Waals surface area contributed by atoms with Gasteiger partial charge in [-0.3, -0.25) is 9.52 Å². The minimum atomic E-state index is -3.85. The van der Waals surface area contributed by atoms with Gasteiger partial charge in [-0.25, -0.2) is 12.8 Å². The van der Waals surface area contributed by atoms with Crippen LogP contribution in [0.4, 0.5) is 15.8 Å². The molecule has 0 fully saturated rings. The summed E-state index contributed by atoms with van der Waals surface area (Å²) in [5.74, 6) is -0.368. The first-order valence-corrected chi connectivity index (χ1v) is 10.7. The van der Waals surface area contributed by atoms with Crippen molar-refractivity contribution in [2.45, 2.75) is 17.9 Å². The average molecular weight is 449 g/mol. The van der Waals surface area contributed by atoms with E-state index in [-0.39, 0.29) is 10.6 Å². The monoisotopic (exact) mass is 448 g/mol. The maximum atomic E-state index is 13.0. The Kier molecular flexibility index (Phi) is 6.59. The van der Waals surface area contributed by atoms with E-state index in [0.29, 0.717) is 16.5 Å². The van der Waals surface area contributed by atoms with Gasteiger partial charge in [-0.05, 0) is 79.7 Å². The highest BCUT2D eigenvalue weighted by molar-refractivity contribution is 7.92. The fraction of sp³-hybridized carbons (Fsp3) is 0.0952. The maximum absolute atomic E-state index is 13.0. The van der Waals surface area contributed by atoms with Crippen molar-refractivity contribution in [3.63, 3.8) is 0 Å². The molecule has 1 atom stereocenters. The van der Waals surface area contributed by atoms with Crippen LogP contribution in [0.5, 0.6) is 5.75 Å². The number of nitrogens with one attached hydrogen (secondary N) is 2. The molecule has 0 aliphatic heterocycles. The number of carbonyl (C=O) groups excluding carboxylic acids is 1. The lowest BCUT2D eigenvalue weighted by Crippen LogP contribution is -2.30. The van der Waals surface area contributed by atoms with Crippen LogP contribution >= 0.6 is 11.6 Å². The zero-order valence-corrected chi connectivity index (χ0v) is 17.4. The number of amides is 1. The molecule has 0 bridgehead atoms. The highest BCUT2D eigenvalue weighted by Gasteiger charge is 2.17. The van der Waals surface area contributed by atoms with Crippen LogP contribution in [0.25, 0.3) is 0 Å². The summed E-state index contributed by atoms with van der Waals surface area (Å²) in [6.07, 6.45) is -0.783. The van der Waals surface area contributed by atoms with Crippen LogP contribution in [-0.4, -0.2) is 20.4 Å². The van der Waals surface area contributed by atoms with Crippen LogP contribution in [-0.2, 0) is 14.8 Å². The number of hydrogen-bond donors (Lipinski definition) is 2. The molecule has 9 heteroatoms. The number of halogens is 2. The highest BCUT2D eigenvalue weighted by atomic mass is 35.5. The molecule has 2 N–H and O–H groups in total. The number of carbonyl (C=O) groups is 1. The van der Waals surface area contributed by atoms with Gasteiger partial charge in [0.25, 0.3) is 15.9 Å². The van der Waals surface area contributed by atoms with E-state index in [1.165, 1.54) is 36.4 Å². The Morgan fingerprint density at radius 2 is 1.50 bits per heavy atom. The molecular formula is C21H18ClFN2O4S. The summed E-state index contributed by atoms with van der Waals surface area (Å²) in [5, 5.41) is 3.22. The van der Waals surface area contributed by atoms with Crippen LogP contribution in [0, 0.1) is 5.82 Å². The Morgan fingerprint density at radius 1 is 0.933 bits per heavy atom. The predicted molar refractivity (Wildman–Crippen MR) is 114 cm³/mol. The summed E-state index contributed by atoms with van der Waals surface area (Å²) in [5.41, 5.74) is 0.647. The van der Waals surface area contributed by atoms with Gasteiger partial charge in [0.05, 0.1) is 4.90 Å². The third kappa shape index (κ3) is 5.71. The lowest BCUT2D eigenvalue weighted by atomic mass is 10.3. The molecule has 3 rings (SSSR count). The molecule has 0 saturated carbocycles. The van der Waals surface area contributed by atoms with E-state index in [9.17, 15) is 17.6 Å². The molecule has 0 aliphatic rings. The summed E-state index contributed by atoms with van der Waals surface area (Å²) in [6.45, 7) is 1.59. The first-order valence-electron chi connectivity index (χ1n) is 8.84. The molecule has 1 amide bonds. The van der Waals surface area contributed by atoms with E-state index in [1.54, 1.807) is 31.2 Å². The van der Waals surface area contributed by atoms with Crippen LogP contribution in [0.15, 0.2) is 77.7 Å². The van der Waals surface area contributed by atoms with Gasteiger partial charge in [-0.2, -0.15) is 0 Å². The van der Waals surface area contributed by atoms with E-state index < -0.39 is 27.9 Å². The van der Waals surface area contributed by atoms with Gasteiger partial charge in [0.1, 0.15) is 11.6 Å². The smallest absolute Gasteiger partial charge is 0.265 e. The second-order valence-corrected chi connectivity index (χ2v) is 8.46. The summed E-state index contributed by atoms with van der Waals surface area (Å²) < 4.78 is 45.7. The van der Waals surface area contributed by atoms with Crippen molar-refractivity contribution in [2.75, 3.05) is 10.0 Å². The second kappa shape index (κ2) is 9.15. The topological polar surface area (TPSA) is 84.5 Å². The fourth-order valence-corrected chi connectivity index (χ4v) is 3.65. The van der Waals surface area contributed by atoms with Gasteiger partial charge in [0.2, 0.25) is 0 Å². The Hall–Kier alpha value is -3.10. The average Bonchev–Trinajstić information content (AvgIpc) is 2.71. The Balaban J connectivity index is 1.62. The standard InChI is InChI=1S/C21H18ClFN2O4S/c1-14(29-19-10-2-15(22)3-11-19)21(26)24-17-8-12-20(13-9-17)30(27,28)25-18-6-4-16(23)5-7-18/h2-14,25H,1H3,(H,24,26)/t14-/m1/s1. The molecule has 3 aromatic rings. The number of rotatable bonds is 7. The molecule has 30 heavy (non-hydrogen) atoms. The molecule has 0 heterocycles. The molecular weight excluding hydrogens is 431 g/mol. The number of benzene rings is 3. The van der Waals surface area contributed by atoms with Gasteiger partial charge in [0.15, 0.2) is 6.10 Å². The summed E-state index contributed by atoms with van der Waals surface area (Å²) >= 11 is 5.82. The van der Waals surface area contributed by atoms with Crippen molar-refractivity contribution in [1.82, 2.24) is 0 Å². The van der Waals surface area contributed by atoms with E-state index in [0.717, 1.165) is 12.1 Å². The lowest BCUT2D eigenvalue weighted by Gasteiger charge is -2.15. The molecule has 0 saturated heterocycles. The third-order valence-corrected chi connectivity index (χ3v) is 5.67. The van der Waals surface area contributed by atoms with Crippen LogP contribution in [0.1, 0.15) is 6.92 Å². The van der Waals surface area contributed by atoms with Gasteiger partial charge in [-0.1, -0.05) is 11.6 Å². The minimum absolute atomic E-state index is 0.00436. The van der Waals surface area contributed by atoms with Crippen LogP contribution < -0.4 is 14.8 Å². The number of anilines is 2. The molecule has 0 spiro atoms. The zero-order chi connectivity index (χ0) is 21.7. The van der Waals surface area contributed by atoms with Crippen LogP contribution in [0.3, 0.4) is 0 Å². The van der Waals surface area contributed by atoms with Crippen molar-refractivity contribution in [3.05, 3.63) is 83.6 Å². The van der Waals surface area contributed by atoms with E-state index in [4.69, 9.17) is 16.3 Å². The highest BCUT2D eigenvalue weighted by Crippen LogP contribution is 2.20. The quantitative estimate of drug-likeness (QED) is 0.549. The zero-order valence-electron chi connectivity index (χ0n) is 15.8. The van der Waals surface area contributed by atoms with Gasteiger partial charge >= 0.3 is 0 Å². The summed E-state index contributed by atoms with van der Waals surface area (Å²) in [6, 6.07) is 17.2. The summed E-state index contributed by atoms with van der Waals surface area (Å²) in [4.78, 5) is 12.3. The van der Waals surface area contributed by atoms with Gasteiger partial charge < -0.3 is 10.1 Å². The first kappa shape index (κ1) is 21.6. The van der Waals surface area contributed by atoms with Crippen molar-refractivity contribution in [3.8, 4) is 5.75 Å². The number of sulfonamides is 1. The Morgan fingerprint density at radius 3 is 2.10 bits per heavy atom. The molecule has 0 aliphatic carbocycles. The molecule has 0 unspecified atom stereocenters. The van der Waals surface area contributed by atoms with E-state index >= 15 is 0 Å². The largest absolute Gasteiger partial charge is 0.481 e. The number of hydrogen-bond acceptors (Lipinski definition) is 4. The van der Waals surface area contributed by atoms with Crippen molar-refractivity contribution in [2.24, 2.45) is 0 Å². The second-order valence-electron chi connectivity index (χ2n) is 6.34. The minimum Gasteiger partial charge on any atom is -0.481 e. The predicted octanol–water partition coefficient (Wildman–Crippen LogP) is 4.69. The first-order chi connectivity index (χ1) is 14.2. The fourth-order valence-electron chi connectivity index (χ4n) is 2.46. The van der Waals surface area contributed by atoms with Gasteiger partial charge in [-0.15, -0.1) is 0 Å². The van der Waals surface area contributed by atoms with Crippen LogP contribution in [0.2, 0.25) is 5.02 Å². The van der Waals surface area contributed by atoms with Crippen molar-refractivity contribution in [1.29, 1.82) is 0 Å². The van der Waals surface area contributed by atoms with Gasteiger partial charge in [0, 0.05) is 16.4 Å². The summed E-state index contributed by atoms with van der Waals surface area (Å²) in [7, 11) is -3.85. The normalized spacial score (nSPS) is 12.1. The molecule has 3 aromatic carbocycles. The Labute approximate surface area is 178 Å². The molecule has 0 aromatic heterocycles. The SMILES string of the molecule is C[C@@H](Oc1ccc(Cl)cc1)C(=O)Nc1ccc(S(=O)(=O)Nc2ccc(F)cc2)cc1. The van der Waals surface area contributed by atoms with Crippen molar-refractivity contribution >= 4 is 38.9 Å².